The van der Waals surface area contributed by atoms with Gasteiger partial charge in [-0.15, -0.1) is 0 Å². The molecule has 0 aromatic heterocycles. The fourth-order valence-corrected chi connectivity index (χ4v) is 1.45. The first-order valence-electron chi connectivity index (χ1n) is 4.71. The zero-order chi connectivity index (χ0) is 11.7. The third kappa shape index (κ3) is 1.79. The number of carbonyl (C=O) groups excluding carboxylic acids is 3. The van der Waals surface area contributed by atoms with Gasteiger partial charge in [-0.1, -0.05) is 0 Å². The van der Waals surface area contributed by atoms with Crippen LogP contribution < -0.4 is 4.90 Å². The van der Waals surface area contributed by atoms with Gasteiger partial charge >= 0.3 is 12.1 Å². The van der Waals surface area contributed by atoms with Gasteiger partial charge in [0.1, 0.15) is 6.54 Å². The molecular formula is C11H9NO4. The van der Waals surface area contributed by atoms with Crippen LogP contribution in [0.4, 0.5) is 10.5 Å². The van der Waals surface area contributed by atoms with E-state index in [0.29, 0.717) is 11.3 Å². The highest BCUT2D eigenvalue weighted by Gasteiger charge is 2.30. The molecule has 5 nitrogen and oxygen atoms in total. The van der Waals surface area contributed by atoms with Crippen molar-refractivity contribution in [3.8, 4) is 0 Å². The SMILES string of the molecule is CC(=O)c1ccc(N2CC(=O)OC2=O)cc1. The summed E-state index contributed by atoms with van der Waals surface area (Å²) in [4.78, 5) is 34.3. The van der Waals surface area contributed by atoms with E-state index in [9.17, 15) is 14.4 Å². The highest BCUT2D eigenvalue weighted by molar-refractivity contribution is 6.05. The number of ether oxygens (including phenoxy) is 1. The van der Waals surface area contributed by atoms with Gasteiger partial charge in [0.2, 0.25) is 0 Å². The summed E-state index contributed by atoms with van der Waals surface area (Å²) in [6, 6.07) is 6.43. The molecule has 1 amide bonds. The van der Waals surface area contributed by atoms with Crippen LogP contribution in [0.3, 0.4) is 0 Å². The lowest BCUT2D eigenvalue weighted by Gasteiger charge is -2.11. The Bertz CT molecular complexity index is 463. The molecule has 0 saturated carbocycles. The fourth-order valence-electron chi connectivity index (χ4n) is 1.45. The summed E-state index contributed by atoms with van der Waals surface area (Å²) < 4.78 is 4.39. The van der Waals surface area contributed by atoms with Crippen molar-refractivity contribution in [1.82, 2.24) is 0 Å². The first-order chi connectivity index (χ1) is 7.58. The zero-order valence-electron chi connectivity index (χ0n) is 8.60. The second-order valence-electron chi connectivity index (χ2n) is 3.43. The van der Waals surface area contributed by atoms with Gasteiger partial charge in [-0.2, -0.15) is 0 Å². The first kappa shape index (κ1) is 10.4. The van der Waals surface area contributed by atoms with Gasteiger partial charge in [0.05, 0.1) is 0 Å². The van der Waals surface area contributed by atoms with Crippen LogP contribution in [-0.2, 0) is 9.53 Å². The molecule has 1 aromatic rings. The molecular weight excluding hydrogens is 210 g/mol. The molecule has 16 heavy (non-hydrogen) atoms. The maximum Gasteiger partial charge on any atom is 0.422 e. The number of nitrogens with zero attached hydrogens (tertiary/aromatic N) is 1. The molecule has 0 unspecified atom stereocenters. The van der Waals surface area contributed by atoms with Crippen molar-refractivity contribution >= 4 is 23.5 Å². The van der Waals surface area contributed by atoms with Crippen molar-refractivity contribution in [2.75, 3.05) is 11.4 Å². The van der Waals surface area contributed by atoms with E-state index in [1.165, 1.54) is 11.8 Å². The number of cyclic esters (lactones) is 2. The molecule has 82 valence electrons. The Morgan fingerprint density at radius 1 is 1.25 bits per heavy atom. The van der Waals surface area contributed by atoms with Gasteiger partial charge in [0.25, 0.3) is 0 Å². The Balaban J connectivity index is 2.25. The summed E-state index contributed by atoms with van der Waals surface area (Å²) in [6.45, 7) is 1.38. The largest absolute Gasteiger partial charge is 0.422 e. The summed E-state index contributed by atoms with van der Waals surface area (Å²) in [5.41, 5.74) is 1.10. The van der Waals surface area contributed by atoms with E-state index in [2.05, 4.69) is 4.74 Å². The number of carbonyl (C=O) groups is 3. The molecule has 1 fully saturated rings. The van der Waals surface area contributed by atoms with Crippen molar-refractivity contribution < 1.29 is 19.1 Å². The van der Waals surface area contributed by atoms with Crippen LogP contribution in [0.1, 0.15) is 17.3 Å². The fraction of sp³-hybridized carbons (Fsp3) is 0.182. The number of hydrogen-bond donors (Lipinski definition) is 0. The minimum Gasteiger partial charge on any atom is -0.374 e. The van der Waals surface area contributed by atoms with Crippen molar-refractivity contribution in [2.24, 2.45) is 0 Å². The number of anilines is 1. The lowest BCUT2D eigenvalue weighted by atomic mass is 10.1. The molecule has 2 rings (SSSR count). The number of Topliss-reactive ketones (excluding diaryl/α,β-unsaturated/α-hetero) is 1. The van der Waals surface area contributed by atoms with E-state index >= 15 is 0 Å². The molecule has 0 N–H and O–H groups in total. The third-order valence-corrected chi connectivity index (χ3v) is 2.29. The second-order valence-corrected chi connectivity index (χ2v) is 3.43. The van der Waals surface area contributed by atoms with Crippen molar-refractivity contribution in [1.29, 1.82) is 0 Å². The highest BCUT2D eigenvalue weighted by atomic mass is 16.6. The summed E-state index contributed by atoms with van der Waals surface area (Å²) >= 11 is 0. The van der Waals surface area contributed by atoms with Crippen LogP contribution in [0.2, 0.25) is 0 Å². The molecule has 0 spiro atoms. The average Bonchev–Trinajstić information content (AvgIpc) is 2.58. The van der Waals surface area contributed by atoms with Crippen LogP contribution in [0.15, 0.2) is 24.3 Å². The van der Waals surface area contributed by atoms with Gasteiger partial charge in [-0.3, -0.25) is 9.69 Å². The zero-order valence-corrected chi connectivity index (χ0v) is 8.60. The van der Waals surface area contributed by atoms with Gasteiger partial charge < -0.3 is 4.74 Å². The number of amides is 1. The Kier molecular flexibility index (Phi) is 2.44. The molecule has 1 saturated heterocycles. The molecule has 0 aliphatic carbocycles. The van der Waals surface area contributed by atoms with E-state index < -0.39 is 12.1 Å². The van der Waals surface area contributed by atoms with Crippen LogP contribution in [0, 0.1) is 0 Å². The normalized spacial score (nSPS) is 15.2. The summed E-state index contributed by atoms with van der Waals surface area (Å²) in [5.74, 6) is -0.618. The van der Waals surface area contributed by atoms with Crippen LogP contribution in [-0.4, -0.2) is 24.4 Å². The summed E-state index contributed by atoms with van der Waals surface area (Å²) in [7, 11) is 0. The molecule has 1 heterocycles. The maximum atomic E-state index is 11.2. The van der Waals surface area contributed by atoms with E-state index in [-0.39, 0.29) is 12.3 Å². The van der Waals surface area contributed by atoms with E-state index in [4.69, 9.17) is 0 Å². The summed E-state index contributed by atoms with van der Waals surface area (Å²) in [6.07, 6.45) is -0.680. The van der Waals surface area contributed by atoms with Gasteiger partial charge in [0, 0.05) is 11.3 Å². The molecule has 5 heteroatoms. The minimum absolute atomic E-state index is 0.0494. The van der Waals surface area contributed by atoms with E-state index in [1.807, 2.05) is 0 Å². The van der Waals surface area contributed by atoms with Crippen LogP contribution >= 0.6 is 0 Å². The monoisotopic (exact) mass is 219 g/mol. The van der Waals surface area contributed by atoms with E-state index in [0.717, 1.165) is 0 Å². The highest BCUT2D eigenvalue weighted by Crippen LogP contribution is 2.19. The molecule has 0 bridgehead atoms. The van der Waals surface area contributed by atoms with E-state index in [1.54, 1.807) is 24.3 Å². The molecule has 0 radical (unpaired) electrons. The van der Waals surface area contributed by atoms with Gasteiger partial charge in [-0.05, 0) is 31.2 Å². The number of rotatable bonds is 2. The standard InChI is InChI=1S/C11H9NO4/c1-7(13)8-2-4-9(5-3-8)12-6-10(14)16-11(12)15/h2-5H,6H2,1H3. The smallest absolute Gasteiger partial charge is 0.374 e. The Morgan fingerprint density at radius 2 is 1.88 bits per heavy atom. The molecule has 0 atom stereocenters. The topological polar surface area (TPSA) is 63.7 Å². The number of ketones is 1. The Hall–Kier alpha value is -2.17. The Labute approximate surface area is 91.6 Å². The van der Waals surface area contributed by atoms with Crippen LogP contribution in [0.25, 0.3) is 0 Å². The van der Waals surface area contributed by atoms with Gasteiger partial charge in [0.15, 0.2) is 5.78 Å². The van der Waals surface area contributed by atoms with Crippen molar-refractivity contribution in [2.45, 2.75) is 6.92 Å². The lowest BCUT2D eigenvalue weighted by molar-refractivity contribution is -0.132. The second kappa shape index (κ2) is 3.77. The number of hydrogen-bond acceptors (Lipinski definition) is 4. The number of benzene rings is 1. The summed E-state index contributed by atoms with van der Waals surface area (Å²) in [5, 5.41) is 0. The maximum absolute atomic E-state index is 11.2. The van der Waals surface area contributed by atoms with Crippen molar-refractivity contribution in [3.63, 3.8) is 0 Å². The molecule has 1 aliphatic heterocycles. The number of esters is 1. The lowest BCUT2D eigenvalue weighted by Crippen LogP contribution is -2.23. The predicted octanol–water partition coefficient (Wildman–Crippen LogP) is 1.37. The van der Waals surface area contributed by atoms with Crippen LogP contribution in [0.5, 0.6) is 0 Å². The minimum atomic E-state index is -0.680. The Morgan fingerprint density at radius 3 is 2.31 bits per heavy atom. The quantitative estimate of drug-likeness (QED) is 0.428. The molecule has 1 aliphatic rings. The molecule has 1 aromatic carbocycles. The van der Waals surface area contributed by atoms with Crippen molar-refractivity contribution in [3.05, 3.63) is 29.8 Å². The first-order valence-corrected chi connectivity index (χ1v) is 4.71. The third-order valence-electron chi connectivity index (χ3n) is 2.29. The van der Waals surface area contributed by atoms with Gasteiger partial charge in [-0.25, -0.2) is 9.59 Å². The predicted molar refractivity (Wildman–Crippen MR) is 55.3 cm³/mol. The average molecular weight is 219 g/mol.